The van der Waals surface area contributed by atoms with Crippen molar-refractivity contribution in [2.24, 2.45) is 5.73 Å². The smallest absolute Gasteiger partial charge is 0.338 e. The fourth-order valence-corrected chi connectivity index (χ4v) is 3.14. The van der Waals surface area contributed by atoms with E-state index in [4.69, 9.17) is 5.73 Å². The first kappa shape index (κ1) is 22.1. The minimum atomic E-state index is -0.977. The van der Waals surface area contributed by atoms with Crippen LogP contribution in [0, 0.1) is 5.82 Å². The van der Waals surface area contributed by atoms with Gasteiger partial charge in [-0.2, -0.15) is 4.98 Å². The number of benzene rings is 1. The SMILES string of the molecule is CC(C)(N)C(=O)N1CCN(C(=O)Nc2ccn(-c3ccc(C=O)c(F)c3)c(=O)n2)CC1. The first-order chi connectivity index (χ1) is 14.6. The van der Waals surface area contributed by atoms with Gasteiger partial charge in [-0.3, -0.25) is 19.5 Å². The van der Waals surface area contributed by atoms with Crippen LogP contribution in [0.2, 0.25) is 0 Å². The third-order valence-corrected chi connectivity index (χ3v) is 4.83. The van der Waals surface area contributed by atoms with E-state index in [9.17, 15) is 23.6 Å². The van der Waals surface area contributed by atoms with E-state index < -0.39 is 23.1 Å². The number of carbonyl (C=O) groups is 3. The number of aldehydes is 1. The molecule has 0 bridgehead atoms. The first-order valence-corrected chi connectivity index (χ1v) is 9.59. The Labute approximate surface area is 177 Å². The van der Waals surface area contributed by atoms with Gasteiger partial charge in [0.2, 0.25) is 5.91 Å². The van der Waals surface area contributed by atoms with Crippen molar-refractivity contribution in [1.82, 2.24) is 19.4 Å². The van der Waals surface area contributed by atoms with E-state index in [-0.39, 0.29) is 23.0 Å². The van der Waals surface area contributed by atoms with Gasteiger partial charge in [-0.25, -0.2) is 14.0 Å². The van der Waals surface area contributed by atoms with Crippen LogP contribution in [0.3, 0.4) is 0 Å². The largest absolute Gasteiger partial charge is 0.354 e. The lowest BCUT2D eigenvalue weighted by Crippen LogP contribution is -2.58. The molecule has 0 aliphatic carbocycles. The second-order valence-corrected chi connectivity index (χ2v) is 7.72. The normalized spacial score (nSPS) is 14.3. The summed E-state index contributed by atoms with van der Waals surface area (Å²) in [7, 11) is 0. The molecule has 2 aromatic rings. The van der Waals surface area contributed by atoms with Crippen LogP contribution in [0.1, 0.15) is 24.2 Å². The fourth-order valence-electron chi connectivity index (χ4n) is 3.14. The van der Waals surface area contributed by atoms with E-state index in [1.54, 1.807) is 18.7 Å². The van der Waals surface area contributed by atoms with Gasteiger partial charge in [0.05, 0.1) is 16.8 Å². The Kier molecular flexibility index (Phi) is 6.16. The number of halogens is 1. The number of rotatable bonds is 4. The zero-order valence-electron chi connectivity index (χ0n) is 17.2. The van der Waals surface area contributed by atoms with Gasteiger partial charge < -0.3 is 15.5 Å². The van der Waals surface area contributed by atoms with Gasteiger partial charge >= 0.3 is 11.7 Å². The molecule has 3 rings (SSSR count). The molecule has 11 heteroatoms. The highest BCUT2D eigenvalue weighted by molar-refractivity contribution is 5.89. The van der Waals surface area contributed by atoms with Gasteiger partial charge in [0.25, 0.3) is 0 Å². The number of nitrogens with zero attached hydrogens (tertiary/aromatic N) is 4. The summed E-state index contributed by atoms with van der Waals surface area (Å²) in [6, 6.07) is 4.67. The summed E-state index contributed by atoms with van der Waals surface area (Å²) in [5.74, 6) is -0.902. The van der Waals surface area contributed by atoms with Crippen molar-refractivity contribution in [3.05, 3.63) is 52.3 Å². The Morgan fingerprint density at radius 2 is 1.81 bits per heavy atom. The molecule has 10 nitrogen and oxygen atoms in total. The van der Waals surface area contributed by atoms with Crippen LogP contribution >= 0.6 is 0 Å². The minimum Gasteiger partial charge on any atom is -0.338 e. The summed E-state index contributed by atoms with van der Waals surface area (Å²) in [5.41, 5.74) is 4.21. The van der Waals surface area contributed by atoms with Crippen molar-refractivity contribution < 1.29 is 18.8 Å². The number of nitrogens with one attached hydrogen (secondary N) is 1. The van der Waals surface area contributed by atoms with Gasteiger partial charge in [-0.05, 0) is 38.1 Å². The van der Waals surface area contributed by atoms with Gasteiger partial charge in [-0.1, -0.05) is 0 Å². The van der Waals surface area contributed by atoms with Crippen LogP contribution in [-0.2, 0) is 4.79 Å². The van der Waals surface area contributed by atoms with Crippen molar-refractivity contribution in [3.63, 3.8) is 0 Å². The van der Waals surface area contributed by atoms with Crippen LogP contribution in [0.15, 0.2) is 35.3 Å². The average Bonchev–Trinajstić information content (AvgIpc) is 2.72. The molecule has 0 saturated carbocycles. The number of anilines is 1. The maximum absolute atomic E-state index is 13.8. The maximum atomic E-state index is 13.8. The van der Waals surface area contributed by atoms with Crippen molar-refractivity contribution in [3.8, 4) is 5.69 Å². The van der Waals surface area contributed by atoms with Gasteiger partial charge in [0.1, 0.15) is 11.6 Å². The van der Waals surface area contributed by atoms with E-state index in [2.05, 4.69) is 10.3 Å². The molecule has 1 aromatic carbocycles. The van der Waals surface area contributed by atoms with Gasteiger partial charge in [-0.15, -0.1) is 0 Å². The third-order valence-electron chi connectivity index (χ3n) is 4.83. The molecular weight excluding hydrogens is 407 g/mol. The van der Waals surface area contributed by atoms with Crippen LogP contribution in [0.5, 0.6) is 0 Å². The van der Waals surface area contributed by atoms with E-state index in [0.717, 1.165) is 10.6 Å². The molecule has 0 unspecified atom stereocenters. The molecule has 1 aromatic heterocycles. The number of aromatic nitrogens is 2. The highest BCUT2D eigenvalue weighted by atomic mass is 19.1. The number of nitrogens with two attached hydrogens (primary N) is 1. The molecule has 164 valence electrons. The number of amides is 3. The van der Waals surface area contributed by atoms with Crippen LogP contribution in [-0.4, -0.2) is 69.3 Å². The zero-order chi connectivity index (χ0) is 22.8. The van der Waals surface area contributed by atoms with Gasteiger partial charge in [0, 0.05) is 32.4 Å². The van der Waals surface area contributed by atoms with Gasteiger partial charge in [0.15, 0.2) is 6.29 Å². The molecule has 3 N–H and O–H groups in total. The van der Waals surface area contributed by atoms with Crippen LogP contribution < -0.4 is 16.7 Å². The quantitative estimate of drug-likeness (QED) is 0.683. The van der Waals surface area contributed by atoms with E-state index in [1.165, 1.54) is 29.3 Å². The number of hydrogen-bond acceptors (Lipinski definition) is 6. The van der Waals surface area contributed by atoms with Crippen LogP contribution in [0.4, 0.5) is 15.0 Å². The van der Waals surface area contributed by atoms with Crippen molar-refractivity contribution in [2.45, 2.75) is 19.4 Å². The number of hydrogen-bond donors (Lipinski definition) is 2. The maximum Gasteiger partial charge on any atom is 0.354 e. The molecule has 3 amide bonds. The lowest BCUT2D eigenvalue weighted by Gasteiger charge is -2.37. The zero-order valence-corrected chi connectivity index (χ0v) is 17.2. The molecule has 1 aliphatic heterocycles. The summed E-state index contributed by atoms with van der Waals surface area (Å²) < 4.78 is 14.9. The van der Waals surface area contributed by atoms with E-state index >= 15 is 0 Å². The summed E-state index contributed by atoms with van der Waals surface area (Å²) >= 11 is 0. The summed E-state index contributed by atoms with van der Waals surface area (Å²) in [5, 5.41) is 2.55. The second-order valence-electron chi connectivity index (χ2n) is 7.72. The Morgan fingerprint density at radius 1 is 1.16 bits per heavy atom. The lowest BCUT2D eigenvalue weighted by atomic mass is 10.1. The summed E-state index contributed by atoms with van der Waals surface area (Å²) in [6.45, 7) is 4.59. The average molecular weight is 430 g/mol. The number of piperazine rings is 1. The molecule has 2 heterocycles. The Balaban J connectivity index is 1.65. The molecule has 1 saturated heterocycles. The van der Waals surface area contributed by atoms with Crippen LogP contribution in [0.25, 0.3) is 5.69 Å². The highest BCUT2D eigenvalue weighted by Gasteiger charge is 2.31. The molecule has 1 aliphatic rings. The summed E-state index contributed by atoms with van der Waals surface area (Å²) in [6.07, 6.45) is 1.73. The minimum absolute atomic E-state index is 0.0397. The van der Waals surface area contributed by atoms with E-state index in [1.807, 2.05) is 0 Å². The molecule has 0 atom stereocenters. The molecule has 1 fully saturated rings. The van der Waals surface area contributed by atoms with E-state index in [0.29, 0.717) is 32.5 Å². The molecule has 0 spiro atoms. The predicted octanol–water partition coefficient (Wildman–Crippen LogP) is 0.598. The second kappa shape index (κ2) is 8.64. The summed E-state index contributed by atoms with van der Waals surface area (Å²) in [4.78, 5) is 54.7. The first-order valence-electron chi connectivity index (χ1n) is 9.59. The number of urea groups is 1. The fraction of sp³-hybridized carbons (Fsp3) is 0.350. The molecular formula is C20H23FN6O4. The predicted molar refractivity (Wildman–Crippen MR) is 111 cm³/mol. The molecule has 0 radical (unpaired) electrons. The Bertz CT molecular complexity index is 1070. The molecule has 31 heavy (non-hydrogen) atoms. The Hall–Kier alpha value is -3.60. The third kappa shape index (κ3) is 4.94. The standard InChI is InChI=1S/C20H23FN6O4/c1-20(2,22)17(29)25-7-9-26(10-8-25)18(30)23-16-5-6-27(19(31)24-16)14-4-3-13(12-28)15(21)11-14/h3-6,11-12H,7-10,22H2,1-2H3,(H,23,24,30,31). The van der Waals surface area contributed by atoms with Crippen molar-refractivity contribution >= 4 is 24.0 Å². The highest BCUT2D eigenvalue weighted by Crippen LogP contribution is 2.13. The number of carbonyl (C=O) groups excluding carboxylic acids is 3. The lowest BCUT2D eigenvalue weighted by molar-refractivity contribution is -0.137. The van der Waals surface area contributed by atoms with Crippen molar-refractivity contribution in [1.29, 1.82) is 0 Å². The van der Waals surface area contributed by atoms with Crippen molar-refractivity contribution in [2.75, 3.05) is 31.5 Å². The monoisotopic (exact) mass is 430 g/mol. The Morgan fingerprint density at radius 3 is 2.35 bits per heavy atom. The topological polar surface area (TPSA) is 131 Å².